The van der Waals surface area contributed by atoms with Gasteiger partial charge in [0.15, 0.2) is 0 Å². The van der Waals surface area contributed by atoms with E-state index in [0.29, 0.717) is 17.1 Å². The second kappa shape index (κ2) is 8.03. The Hall–Kier alpha value is -2.49. The van der Waals surface area contributed by atoms with Crippen LogP contribution in [0.4, 0.5) is 4.79 Å². The summed E-state index contributed by atoms with van der Waals surface area (Å²) in [4.78, 5) is 30.7. The standard InChI is InChI=1S/C17H24N6O3S/c1-17(2,3)26-16(25)19-7-12-9-23(21-20-12)13-5-4-6-22(10-13)15(24)14-8-18-11-27-14/h8-9,11,13H,4-7,10H2,1-3H3,(H,19,25). The molecule has 2 amide bonds. The van der Waals surface area contributed by atoms with Crippen LogP contribution < -0.4 is 5.32 Å². The first-order valence-electron chi connectivity index (χ1n) is 8.87. The molecular formula is C17H24N6O3S. The molecule has 1 unspecified atom stereocenters. The molecule has 2 aromatic heterocycles. The van der Waals surface area contributed by atoms with Gasteiger partial charge in [-0.1, -0.05) is 5.21 Å². The number of carbonyl (C=O) groups excluding carboxylic acids is 2. The van der Waals surface area contributed by atoms with Crippen LogP contribution in [0, 0.1) is 0 Å². The summed E-state index contributed by atoms with van der Waals surface area (Å²) in [6.07, 6.45) is 4.75. The quantitative estimate of drug-likeness (QED) is 0.856. The van der Waals surface area contributed by atoms with Gasteiger partial charge in [0.1, 0.15) is 16.2 Å². The lowest BCUT2D eigenvalue weighted by Crippen LogP contribution is -2.40. The highest BCUT2D eigenvalue weighted by Gasteiger charge is 2.27. The molecule has 1 aliphatic rings. The van der Waals surface area contributed by atoms with Gasteiger partial charge in [-0.25, -0.2) is 9.48 Å². The Morgan fingerprint density at radius 1 is 1.41 bits per heavy atom. The van der Waals surface area contributed by atoms with Crippen LogP contribution in [-0.4, -0.2) is 55.6 Å². The zero-order chi connectivity index (χ0) is 19.4. The van der Waals surface area contributed by atoms with Crippen LogP contribution in [-0.2, 0) is 11.3 Å². The molecule has 1 atom stereocenters. The molecule has 146 valence electrons. The molecule has 3 rings (SSSR count). The number of alkyl carbamates (subject to hydrolysis) is 1. The number of likely N-dealkylation sites (tertiary alicyclic amines) is 1. The van der Waals surface area contributed by atoms with Gasteiger partial charge in [0.2, 0.25) is 0 Å². The van der Waals surface area contributed by atoms with E-state index in [2.05, 4.69) is 20.6 Å². The minimum Gasteiger partial charge on any atom is -0.444 e. The smallest absolute Gasteiger partial charge is 0.407 e. The Labute approximate surface area is 161 Å². The second-order valence-electron chi connectivity index (χ2n) is 7.46. The van der Waals surface area contributed by atoms with Crippen LogP contribution >= 0.6 is 11.3 Å². The molecule has 27 heavy (non-hydrogen) atoms. The van der Waals surface area contributed by atoms with E-state index < -0.39 is 11.7 Å². The van der Waals surface area contributed by atoms with Gasteiger partial charge in [-0.2, -0.15) is 0 Å². The predicted molar refractivity (Wildman–Crippen MR) is 99.4 cm³/mol. The molecule has 10 heteroatoms. The summed E-state index contributed by atoms with van der Waals surface area (Å²) in [6, 6.07) is 0.0680. The summed E-state index contributed by atoms with van der Waals surface area (Å²) in [6.45, 7) is 6.99. The van der Waals surface area contributed by atoms with Crippen molar-refractivity contribution in [3.8, 4) is 0 Å². The third kappa shape index (κ3) is 5.25. The van der Waals surface area contributed by atoms with E-state index in [0.717, 1.165) is 19.4 Å². The minimum atomic E-state index is -0.544. The van der Waals surface area contributed by atoms with Crippen molar-refractivity contribution in [2.24, 2.45) is 0 Å². The molecular weight excluding hydrogens is 368 g/mol. The number of aromatic nitrogens is 4. The maximum absolute atomic E-state index is 12.5. The first kappa shape index (κ1) is 19.3. The number of hydrogen-bond donors (Lipinski definition) is 1. The van der Waals surface area contributed by atoms with Crippen LogP contribution in [0.25, 0.3) is 0 Å². The van der Waals surface area contributed by atoms with E-state index in [-0.39, 0.29) is 18.5 Å². The summed E-state index contributed by atoms with van der Waals surface area (Å²) in [5.41, 5.74) is 1.76. The molecule has 1 saturated heterocycles. The van der Waals surface area contributed by atoms with Crippen LogP contribution in [0.15, 0.2) is 17.9 Å². The summed E-state index contributed by atoms with van der Waals surface area (Å²) in [5, 5.41) is 11.0. The Bertz CT molecular complexity index is 783. The lowest BCUT2D eigenvalue weighted by molar-refractivity contribution is 0.0522. The van der Waals surface area contributed by atoms with E-state index >= 15 is 0 Å². The normalized spacial score (nSPS) is 17.6. The average molecular weight is 392 g/mol. The fourth-order valence-corrected chi connectivity index (χ4v) is 3.47. The zero-order valence-electron chi connectivity index (χ0n) is 15.7. The van der Waals surface area contributed by atoms with Crippen LogP contribution in [0.1, 0.15) is 55.0 Å². The Kier molecular flexibility index (Phi) is 5.73. The van der Waals surface area contributed by atoms with E-state index in [1.165, 1.54) is 11.3 Å². The molecule has 3 heterocycles. The molecule has 1 fully saturated rings. The predicted octanol–water partition coefficient (Wildman–Crippen LogP) is 2.24. The van der Waals surface area contributed by atoms with Crippen molar-refractivity contribution in [1.29, 1.82) is 0 Å². The van der Waals surface area contributed by atoms with Gasteiger partial charge in [0, 0.05) is 13.1 Å². The Balaban J connectivity index is 1.56. The van der Waals surface area contributed by atoms with Crippen molar-refractivity contribution in [2.45, 2.75) is 51.8 Å². The third-order valence-corrected chi connectivity index (χ3v) is 4.83. The van der Waals surface area contributed by atoms with Gasteiger partial charge >= 0.3 is 6.09 Å². The van der Waals surface area contributed by atoms with Crippen molar-refractivity contribution >= 4 is 23.3 Å². The molecule has 0 radical (unpaired) electrons. The van der Waals surface area contributed by atoms with Crippen molar-refractivity contribution < 1.29 is 14.3 Å². The van der Waals surface area contributed by atoms with Crippen LogP contribution in [0.2, 0.25) is 0 Å². The lowest BCUT2D eigenvalue weighted by Gasteiger charge is -2.32. The van der Waals surface area contributed by atoms with Gasteiger partial charge in [-0.05, 0) is 33.6 Å². The number of piperidine rings is 1. The van der Waals surface area contributed by atoms with Gasteiger partial charge in [-0.15, -0.1) is 16.4 Å². The third-order valence-electron chi connectivity index (χ3n) is 4.07. The van der Waals surface area contributed by atoms with Crippen LogP contribution in [0.5, 0.6) is 0 Å². The zero-order valence-corrected chi connectivity index (χ0v) is 16.5. The first-order chi connectivity index (χ1) is 12.8. The van der Waals surface area contributed by atoms with Gasteiger partial charge in [0.25, 0.3) is 5.91 Å². The number of hydrogen-bond acceptors (Lipinski definition) is 7. The molecule has 0 aromatic carbocycles. The number of thiazole rings is 1. The highest BCUT2D eigenvalue weighted by Crippen LogP contribution is 2.23. The van der Waals surface area contributed by atoms with E-state index in [9.17, 15) is 9.59 Å². The van der Waals surface area contributed by atoms with Crippen molar-refractivity contribution in [3.05, 3.63) is 28.5 Å². The Morgan fingerprint density at radius 2 is 2.22 bits per heavy atom. The van der Waals surface area contributed by atoms with Gasteiger partial charge in [0.05, 0.1) is 30.5 Å². The highest BCUT2D eigenvalue weighted by molar-refractivity contribution is 7.11. The summed E-state index contributed by atoms with van der Waals surface area (Å²) >= 11 is 1.35. The van der Waals surface area contributed by atoms with Crippen molar-refractivity contribution in [2.75, 3.05) is 13.1 Å². The number of carbonyl (C=O) groups is 2. The monoisotopic (exact) mass is 392 g/mol. The molecule has 2 aromatic rings. The molecule has 1 N–H and O–H groups in total. The van der Waals surface area contributed by atoms with Crippen LogP contribution in [0.3, 0.4) is 0 Å². The average Bonchev–Trinajstić information content (AvgIpc) is 3.30. The molecule has 1 aliphatic heterocycles. The maximum Gasteiger partial charge on any atom is 0.407 e. The number of nitrogens with zero attached hydrogens (tertiary/aromatic N) is 5. The van der Waals surface area contributed by atoms with Gasteiger partial charge in [-0.3, -0.25) is 9.78 Å². The van der Waals surface area contributed by atoms with Crippen molar-refractivity contribution in [1.82, 2.24) is 30.2 Å². The maximum atomic E-state index is 12.5. The summed E-state index contributed by atoms with van der Waals surface area (Å²) in [7, 11) is 0. The first-order valence-corrected chi connectivity index (χ1v) is 9.75. The largest absolute Gasteiger partial charge is 0.444 e. The molecule has 9 nitrogen and oxygen atoms in total. The molecule has 0 spiro atoms. The van der Waals surface area contributed by atoms with E-state index in [4.69, 9.17) is 4.74 Å². The van der Waals surface area contributed by atoms with E-state index in [1.807, 2.05) is 31.9 Å². The summed E-state index contributed by atoms with van der Waals surface area (Å²) in [5.74, 6) is 0.00845. The van der Waals surface area contributed by atoms with Crippen molar-refractivity contribution in [3.63, 3.8) is 0 Å². The Morgan fingerprint density at radius 3 is 2.93 bits per heavy atom. The fourth-order valence-electron chi connectivity index (χ4n) is 2.88. The number of amides is 2. The minimum absolute atomic E-state index is 0.00845. The molecule has 0 bridgehead atoms. The van der Waals surface area contributed by atoms with Gasteiger partial charge < -0.3 is 15.0 Å². The van der Waals surface area contributed by atoms with E-state index in [1.54, 1.807) is 16.4 Å². The molecule has 0 aliphatic carbocycles. The number of nitrogens with one attached hydrogen (secondary N) is 1. The SMILES string of the molecule is CC(C)(C)OC(=O)NCc1cn(C2CCCN(C(=O)c3cncs3)C2)nn1. The topological polar surface area (TPSA) is 102 Å². The number of ether oxygens (including phenoxy) is 1. The second-order valence-corrected chi connectivity index (χ2v) is 8.34. The number of rotatable bonds is 4. The fraction of sp³-hybridized carbons (Fsp3) is 0.588. The summed E-state index contributed by atoms with van der Waals surface area (Å²) < 4.78 is 6.98. The lowest BCUT2D eigenvalue weighted by atomic mass is 10.1. The highest BCUT2D eigenvalue weighted by atomic mass is 32.1. The molecule has 0 saturated carbocycles.